The normalized spacial score (nSPS) is 27.0. The molecule has 3 rings (SSSR count). The number of nitrogens with two attached hydrogens (primary N) is 1. The fourth-order valence-electron chi connectivity index (χ4n) is 2.60. The van der Waals surface area contributed by atoms with E-state index in [1.165, 1.54) is 22.7 Å². The van der Waals surface area contributed by atoms with Crippen LogP contribution in [0, 0.1) is 0 Å². The van der Waals surface area contributed by atoms with Crippen molar-refractivity contribution in [3.63, 3.8) is 0 Å². The standard InChI is InChI=1S/C13H18N6O6S/c14-5(13(23)24)1-2-26-3-6-8(20)9(21)12(25-6)19-4-15-7-10(19)16-18-17-11(7)22/h4-6,8-9,12,20-21H,1-3,14H2,(H,23,24)(H,16,17,22)/t5-,6+,8+,9+,12+/m0/s1. The van der Waals surface area contributed by atoms with Crippen molar-refractivity contribution < 1.29 is 24.9 Å². The van der Waals surface area contributed by atoms with Gasteiger partial charge in [-0.15, -0.1) is 5.10 Å². The summed E-state index contributed by atoms with van der Waals surface area (Å²) in [7, 11) is 0. The van der Waals surface area contributed by atoms with E-state index >= 15 is 0 Å². The van der Waals surface area contributed by atoms with Crippen molar-refractivity contribution in [1.82, 2.24) is 25.0 Å². The number of hydrogen-bond acceptors (Lipinski definition) is 10. The maximum atomic E-state index is 11.7. The molecule has 1 aliphatic rings. The highest BCUT2D eigenvalue weighted by Gasteiger charge is 2.44. The number of carbonyl (C=O) groups is 1. The van der Waals surface area contributed by atoms with E-state index in [0.29, 0.717) is 11.5 Å². The molecule has 1 aliphatic heterocycles. The molecule has 142 valence electrons. The van der Waals surface area contributed by atoms with Gasteiger partial charge in [-0.1, -0.05) is 5.21 Å². The van der Waals surface area contributed by atoms with Crippen LogP contribution < -0.4 is 11.3 Å². The first-order valence-corrected chi connectivity index (χ1v) is 8.91. The first-order valence-electron chi connectivity index (χ1n) is 7.75. The predicted molar refractivity (Wildman–Crippen MR) is 89.4 cm³/mol. The van der Waals surface area contributed by atoms with Crippen molar-refractivity contribution in [3.8, 4) is 0 Å². The number of ether oxygens (including phenoxy) is 1. The van der Waals surface area contributed by atoms with Crippen LogP contribution >= 0.6 is 11.8 Å². The van der Waals surface area contributed by atoms with Gasteiger partial charge in [0.15, 0.2) is 17.4 Å². The average Bonchev–Trinajstić information content (AvgIpc) is 3.15. The monoisotopic (exact) mass is 386 g/mol. The number of nitrogens with zero attached hydrogens (tertiary/aromatic N) is 4. The van der Waals surface area contributed by atoms with Crippen molar-refractivity contribution in [3.05, 3.63) is 16.7 Å². The minimum absolute atomic E-state index is 0.0470. The summed E-state index contributed by atoms with van der Waals surface area (Å²) in [6, 6.07) is -0.941. The number of thioether (sulfide) groups is 1. The number of aliphatic carboxylic acids is 1. The quantitative estimate of drug-likeness (QED) is 0.321. The summed E-state index contributed by atoms with van der Waals surface area (Å²) in [4.78, 5) is 26.3. The Morgan fingerprint density at radius 3 is 2.96 bits per heavy atom. The molecular weight excluding hydrogens is 368 g/mol. The Morgan fingerprint density at radius 2 is 2.23 bits per heavy atom. The maximum absolute atomic E-state index is 11.7. The van der Waals surface area contributed by atoms with Gasteiger partial charge in [0.05, 0.1) is 12.4 Å². The molecule has 0 aliphatic carbocycles. The number of hydrogen-bond donors (Lipinski definition) is 5. The van der Waals surface area contributed by atoms with Crippen molar-refractivity contribution >= 4 is 28.9 Å². The van der Waals surface area contributed by atoms with Gasteiger partial charge in [-0.2, -0.15) is 11.8 Å². The number of aromatic amines is 1. The zero-order valence-corrected chi connectivity index (χ0v) is 14.2. The van der Waals surface area contributed by atoms with E-state index in [4.69, 9.17) is 15.6 Å². The second kappa shape index (κ2) is 7.67. The average molecular weight is 386 g/mol. The van der Waals surface area contributed by atoms with Gasteiger partial charge in [-0.3, -0.25) is 14.2 Å². The largest absolute Gasteiger partial charge is 0.480 e. The number of H-pyrrole nitrogens is 1. The third-order valence-electron chi connectivity index (χ3n) is 4.06. The molecule has 0 radical (unpaired) electrons. The Hall–Kier alpha value is -2.06. The van der Waals surface area contributed by atoms with Gasteiger partial charge in [0.1, 0.15) is 18.2 Å². The highest BCUT2D eigenvalue weighted by Crippen LogP contribution is 2.32. The van der Waals surface area contributed by atoms with Crippen molar-refractivity contribution in [1.29, 1.82) is 0 Å². The molecule has 2 aromatic heterocycles. The van der Waals surface area contributed by atoms with Crippen molar-refractivity contribution in [2.45, 2.75) is 37.0 Å². The molecule has 0 saturated carbocycles. The first-order chi connectivity index (χ1) is 12.4. The minimum Gasteiger partial charge on any atom is -0.480 e. The Labute approximate surface area is 150 Å². The molecule has 0 bridgehead atoms. The van der Waals surface area contributed by atoms with Crippen LogP contribution in [0.15, 0.2) is 11.1 Å². The number of fused-ring (bicyclic) bond motifs is 1. The summed E-state index contributed by atoms with van der Waals surface area (Å²) in [6.07, 6.45) is -2.50. The summed E-state index contributed by atoms with van der Waals surface area (Å²) in [5.74, 6) is -0.267. The number of rotatable bonds is 7. The molecule has 3 heterocycles. The second-order valence-corrected chi connectivity index (χ2v) is 6.97. The zero-order valence-electron chi connectivity index (χ0n) is 13.4. The third kappa shape index (κ3) is 3.57. The van der Waals surface area contributed by atoms with E-state index in [0.717, 1.165) is 0 Å². The third-order valence-corrected chi connectivity index (χ3v) is 5.15. The first kappa shape index (κ1) is 18.7. The molecule has 1 fully saturated rings. The van der Waals surface area contributed by atoms with E-state index in [1.807, 2.05) is 0 Å². The fourth-order valence-corrected chi connectivity index (χ4v) is 3.70. The number of carboxylic acids is 1. The van der Waals surface area contributed by atoms with Crippen LogP contribution in [0.25, 0.3) is 11.2 Å². The lowest BCUT2D eigenvalue weighted by atomic mass is 10.1. The van der Waals surface area contributed by atoms with Gasteiger partial charge >= 0.3 is 5.97 Å². The lowest BCUT2D eigenvalue weighted by Gasteiger charge is -2.16. The molecule has 0 spiro atoms. The zero-order chi connectivity index (χ0) is 18.8. The summed E-state index contributed by atoms with van der Waals surface area (Å²) in [6.45, 7) is 0. The SMILES string of the molecule is N[C@@H](CCSC[C@H]1O[C@@H](n2cnc3c(=O)[nH]nnc32)[C@H](O)[C@@H]1O)C(=O)O. The molecule has 0 aromatic carbocycles. The molecule has 1 saturated heterocycles. The molecule has 6 N–H and O–H groups in total. The smallest absolute Gasteiger partial charge is 0.320 e. The Morgan fingerprint density at radius 1 is 1.46 bits per heavy atom. The lowest BCUT2D eigenvalue weighted by molar-refractivity contribution is -0.138. The van der Waals surface area contributed by atoms with E-state index in [9.17, 15) is 19.8 Å². The number of aliphatic hydroxyl groups excluding tert-OH is 2. The van der Waals surface area contributed by atoms with Crippen LogP contribution in [0.1, 0.15) is 12.6 Å². The molecule has 0 unspecified atom stereocenters. The number of imidazole rings is 1. The molecule has 5 atom stereocenters. The topological polar surface area (TPSA) is 189 Å². The van der Waals surface area contributed by atoms with Gasteiger partial charge < -0.3 is 25.8 Å². The summed E-state index contributed by atoms with van der Waals surface area (Å²) in [5.41, 5.74) is 5.08. The van der Waals surface area contributed by atoms with Crippen LogP contribution in [0.5, 0.6) is 0 Å². The van der Waals surface area contributed by atoms with Crippen molar-refractivity contribution in [2.75, 3.05) is 11.5 Å². The number of aliphatic hydroxyl groups is 2. The Bertz CT molecular complexity index is 842. The van der Waals surface area contributed by atoms with Crippen LogP contribution in [0.3, 0.4) is 0 Å². The van der Waals surface area contributed by atoms with Gasteiger partial charge in [-0.05, 0) is 12.2 Å². The number of aromatic nitrogens is 5. The predicted octanol–water partition coefficient (Wildman–Crippen LogP) is -2.33. The van der Waals surface area contributed by atoms with E-state index < -0.39 is 42.1 Å². The van der Waals surface area contributed by atoms with Crippen LogP contribution in [-0.2, 0) is 9.53 Å². The van der Waals surface area contributed by atoms with Crippen LogP contribution in [0.2, 0.25) is 0 Å². The maximum Gasteiger partial charge on any atom is 0.320 e. The van der Waals surface area contributed by atoms with E-state index in [2.05, 4.69) is 20.4 Å². The van der Waals surface area contributed by atoms with Gasteiger partial charge in [0.2, 0.25) is 0 Å². The minimum atomic E-state index is -1.25. The highest BCUT2D eigenvalue weighted by atomic mass is 32.2. The van der Waals surface area contributed by atoms with Gasteiger partial charge in [0.25, 0.3) is 5.56 Å². The lowest BCUT2D eigenvalue weighted by Crippen LogP contribution is -2.33. The molecule has 13 heteroatoms. The highest BCUT2D eigenvalue weighted by molar-refractivity contribution is 7.99. The Balaban J connectivity index is 1.65. The van der Waals surface area contributed by atoms with Crippen molar-refractivity contribution in [2.24, 2.45) is 5.73 Å². The van der Waals surface area contributed by atoms with Gasteiger partial charge in [-0.25, -0.2) is 10.1 Å². The van der Waals surface area contributed by atoms with Crippen LogP contribution in [-0.4, -0.2) is 82.1 Å². The molecule has 0 amide bonds. The van der Waals surface area contributed by atoms with Crippen LogP contribution in [0.4, 0.5) is 0 Å². The fraction of sp³-hybridized carbons (Fsp3) is 0.615. The molecule has 12 nitrogen and oxygen atoms in total. The second-order valence-electron chi connectivity index (χ2n) is 5.82. The van der Waals surface area contributed by atoms with Gasteiger partial charge in [0, 0.05) is 5.75 Å². The molecular formula is C13H18N6O6S. The summed E-state index contributed by atoms with van der Waals surface area (Å²) in [5, 5.41) is 38.6. The Kier molecular flexibility index (Phi) is 5.52. The molecule has 26 heavy (non-hydrogen) atoms. The summed E-state index contributed by atoms with van der Waals surface area (Å²) >= 11 is 1.36. The van der Waals surface area contributed by atoms with E-state index in [-0.39, 0.29) is 17.6 Å². The number of carboxylic acid groups (broad SMARTS) is 1. The molecule has 2 aromatic rings. The number of nitrogens with one attached hydrogen (secondary N) is 1. The summed E-state index contributed by atoms with van der Waals surface area (Å²) < 4.78 is 7.05. The van der Waals surface area contributed by atoms with E-state index in [1.54, 1.807) is 0 Å².